The second-order valence-corrected chi connectivity index (χ2v) is 9.30. The largest absolute Gasteiger partial charge is 0.354 e. The van der Waals surface area contributed by atoms with Crippen LogP contribution in [0.15, 0.2) is 48.5 Å². The number of amides is 2. The quantitative estimate of drug-likeness (QED) is 0.554. The van der Waals surface area contributed by atoms with Gasteiger partial charge in [0.2, 0.25) is 11.8 Å². The van der Waals surface area contributed by atoms with Gasteiger partial charge in [0, 0.05) is 23.9 Å². The molecule has 0 bridgehead atoms. The van der Waals surface area contributed by atoms with Crippen LogP contribution in [0.1, 0.15) is 37.5 Å². The van der Waals surface area contributed by atoms with Crippen molar-refractivity contribution in [1.29, 1.82) is 0 Å². The normalized spacial score (nSPS) is 11.9. The molecule has 0 aliphatic rings. The molecule has 0 saturated carbocycles. The van der Waals surface area contributed by atoms with E-state index in [-0.39, 0.29) is 11.8 Å². The molecule has 2 rings (SSSR count). The molecule has 4 nitrogen and oxygen atoms in total. The van der Waals surface area contributed by atoms with Gasteiger partial charge in [-0.25, -0.2) is 0 Å². The number of carbonyl (C=O) groups excluding carboxylic acids is 2. The lowest BCUT2D eigenvalue weighted by Crippen LogP contribution is -2.48. The van der Waals surface area contributed by atoms with E-state index in [4.69, 9.17) is 11.6 Å². The average molecular weight is 447 g/mol. The third-order valence-corrected chi connectivity index (χ3v) is 6.06. The van der Waals surface area contributed by atoms with E-state index in [1.54, 1.807) is 11.8 Å². The van der Waals surface area contributed by atoms with Gasteiger partial charge in [-0.3, -0.25) is 9.59 Å². The van der Waals surface area contributed by atoms with Gasteiger partial charge in [-0.1, -0.05) is 73.5 Å². The smallest absolute Gasteiger partial charge is 0.242 e. The number of rotatable bonds is 10. The summed E-state index contributed by atoms with van der Waals surface area (Å²) in [5, 5.41) is 3.65. The fourth-order valence-corrected chi connectivity index (χ4v) is 4.18. The molecule has 0 aliphatic heterocycles. The maximum atomic E-state index is 13.1. The lowest BCUT2D eigenvalue weighted by molar-refractivity contribution is -0.138. The van der Waals surface area contributed by atoms with E-state index in [1.165, 1.54) is 11.8 Å². The van der Waals surface area contributed by atoms with Gasteiger partial charge >= 0.3 is 0 Å². The first-order valence-electron chi connectivity index (χ1n) is 10.2. The van der Waals surface area contributed by atoms with Crippen LogP contribution in [0.5, 0.6) is 0 Å². The molecule has 0 fully saturated rings. The highest BCUT2D eigenvalue weighted by Gasteiger charge is 2.26. The van der Waals surface area contributed by atoms with Crippen LogP contribution >= 0.6 is 23.4 Å². The molecule has 6 heteroatoms. The van der Waals surface area contributed by atoms with Crippen molar-refractivity contribution in [3.63, 3.8) is 0 Å². The molecule has 2 amide bonds. The number of halogens is 1. The summed E-state index contributed by atoms with van der Waals surface area (Å²) < 4.78 is 0. The minimum absolute atomic E-state index is 0.0549. The highest BCUT2D eigenvalue weighted by molar-refractivity contribution is 7.99. The molecule has 2 aromatic rings. The molecule has 0 aliphatic carbocycles. The number of aryl methyl sites for hydroxylation is 1. The maximum Gasteiger partial charge on any atom is 0.242 e. The van der Waals surface area contributed by atoms with Crippen molar-refractivity contribution < 1.29 is 9.59 Å². The van der Waals surface area contributed by atoms with E-state index in [2.05, 4.69) is 11.4 Å². The summed E-state index contributed by atoms with van der Waals surface area (Å²) in [5.41, 5.74) is 3.15. The predicted molar refractivity (Wildman–Crippen MR) is 127 cm³/mol. The van der Waals surface area contributed by atoms with Crippen LogP contribution in [0.2, 0.25) is 5.02 Å². The number of hydrogen-bond acceptors (Lipinski definition) is 3. The van der Waals surface area contributed by atoms with Crippen molar-refractivity contribution in [3.8, 4) is 0 Å². The standard InChI is InChI=1S/C24H31ClN2O2S/c1-17(2)13-26-24(29)19(4)27(14-20-9-7-8-18(3)12-20)23(28)16-30-15-21-10-5-6-11-22(21)25/h5-12,17,19H,13-16H2,1-4H3,(H,26,29)/t19-/m0/s1. The Balaban J connectivity index is 2.07. The van der Waals surface area contributed by atoms with Crippen LogP contribution < -0.4 is 5.32 Å². The molecular formula is C24H31ClN2O2S. The van der Waals surface area contributed by atoms with Crippen molar-refractivity contribution in [2.24, 2.45) is 5.92 Å². The van der Waals surface area contributed by atoms with E-state index >= 15 is 0 Å². The first-order valence-corrected chi connectivity index (χ1v) is 11.7. The van der Waals surface area contributed by atoms with Gasteiger partial charge < -0.3 is 10.2 Å². The Morgan fingerprint density at radius 2 is 1.83 bits per heavy atom. The van der Waals surface area contributed by atoms with Crippen molar-refractivity contribution in [3.05, 3.63) is 70.2 Å². The maximum absolute atomic E-state index is 13.1. The monoisotopic (exact) mass is 446 g/mol. The fourth-order valence-electron chi connectivity index (χ4n) is 2.99. The average Bonchev–Trinajstić information content (AvgIpc) is 2.71. The summed E-state index contributed by atoms with van der Waals surface area (Å²) in [4.78, 5) is 27.4. The third-order valence-electron chi connectivity index (χ3n) is 4.73. The lowest BCUT2D eigenvalue weighted by atomic mass is 10.1. The van der Waals surface area contributed by atoms with Crippen LogP contribution in [0.25, 0.3) is 0 Å². The lowest BCUT2D eigenvalue weighted by Gasteiger charge is -2.29. The molecule has 0 radical (unpaired) electrons. The van der Waals surface area contributed by atoms with Crippen molar-refractivity contribution in [1.82, 2.24) is 10.2 Å². The highest BCUT2D eigenvalue weighted by atomic mass is 35.5. The zero-order valence-corrected chi connectivity index (χ0v) is 19.7. The van der Waals surface area contributed by atoms with Gasteiger partial charge in [0.05, 0.1) is 5.75 Å². The minimum atomic E-state index is -0.544. The van der Waals surface area contributed by atoms with Gasteiger partial charge in [-0.15, -0.1) is 11.8 Å². The summed E-state index contributed by atoms with van der Waals surface area (Å²) in [5.74, 6) is 1.12. The van der Waals surface area contributed by atoms with Crippen molar-refractivity contribution in [2.75, 3.05) is 12.3 Å². The molecule has 0 saturated heterocycles. The molecule has 0 unspecified atom stereocenters. The summed E-state index contributed by atoms with van der Waals surface area (Å²) in [6.07, 6.45) is 0. The van der Waals surface area contributed by atoms with Crippen LogP contribution in [-0.4, -0.2) is 35.1 Å². The third kappa shape index (κ3) is 7.69. The van der Waals surface area contributed by atoms with Crippen molar-refractivity contribution >= 4 is 35.2 Å². The minimum Gasteiger partial charge on any atom is -0.354 e. The number of nitrogens with one attached hydrogen (secondary N) is 1. The molecule has 1 N–H and O–H groups in total. The Labute approximate surface area is 189 Å². The summed E-state index contributed by atoms with van der Waals surface area (Å²) in [6.45, 7) is 8.91. The molecule has 0 spiro atoms. The number of nitrogens with zero attached hydrogens (tertiary/aromatic N) is 1. The van der Waals surface area contributed by atoms with Gasteiger partial charge in [-0.2, -0.15) is 0 Å². The molecular weight excluding hydrogens is 416 g/mol. The van der Waals surface area contributed by atoms with Crippen LogP contribution in [0.3, 0.4) is 0 Å². The molecule has 162 valence electrons. The Morgan fingerprint density at radius 3 is 2.50 bits per heavy atom. The van der Waals surface area contributed by atoms with Crippen LogP contribution in [0, 0.1) is 12.8 Å². The zero-order valence-electron chi connectivity index (χ0n) is 18.2. The first-order chi connectivity index (χ1) is 14.3. The summed E-state index contributed by atoms with van der Waals surface area (Å²) >= 11 is 7.73. The van der Waals surface area contributed by atoms with Gasteiger partial charge in [-0.05, 0) is 37.0 Å². The van der Waals surface area contributed by atoms with E-state index in [0.29, 0.717) is 35.5 Å². The van der Waals surface area contributed by atoms with Crippen molar-refractivity contribution in [2.45, 2.75) is 46.0 Å². The van der Waals surface area contributed by atoms with Crippen LogP contribution in [0.4, 0.5) is 0 Å². The van der Waals surface area contributed by atoms with Gasteiger partial charge in [0.1, 0.15) is 6.04 Å². The van der Waals surface area contributed by atoms with E-state index in [9.17, 15) is 9.59 Å². The van der Waals surface area contributed by atoms with E-state index < -0.39 is 6.04 Å². The second-order valence-electron chi connectivity index (χ2n) is 7.91. The van der Waals surface area contributed by atoms with E-state index in [0.717, 1.165) is 16.7 Å². The fraction of sp³-hybridized carbons (Fsp3) is 0.417. The Bertz CT molecular complexity index is 857. The number of carbonyl (C=O) groups is 2. The summed E-state index contributed by atoms with van der Waals surface area (Å²) in [6, 6.07) is 15.1. The SMILES string of the molecule is Cc1cccc(CN(C(=O)CSCc2ccccc2Cl)[C@@H](C)C(=O)NCC(C)C)c1. The second kappa shape index (κ2) is 12.0. The Morgan fingerprint density at radius 1 is 1.10 bits per heavy atom. The topological polar surface area (TPSA) is 49.4 Å². The first kappa shape index (κ1) is 24.3. The molecule has 0 heterocycles. The Hall–Kier alpha value is -1.98. The van der Waals surface area contributed by atoms with Crippen LogP contribution in [-0.2, 0) is 21.9 Å². The molecule has 0 aromatic heterocycles. The van der Waals surface area contributed by atoms with E-state index in [1.807, 2.05) is 63.2 Å². The number of thioether (sulfide) groups is 1. The van der Waals surface area contributed by atoms with Gasteiger partial charge in [0.15, 0.2) is 0 Å². The Kier molecular flexibility index (Phi) is 9.73. The summed E-state index contributed by atoms with van der Waals surface area (Å²) in [7, 11) is 0. The number of benzene rings is 2. The molecule has 2 aromatic carbocycles. The molecule has 30 heavy (non-hydrogen) atoms. The van der Waals surface area contributed by atoms with Gasteiger partial charge in [0.25, 0.3) is 0 Å². The number of hydrogen-bond donors (Lipinski definition) is 1. The highest BCUT2D eigenvalue weighted by Crippen LogP contribution is 2.21. The zero-order chi connectivity index (χ0) is 22.1. The molecule has 1 atom stereocenters. The predicted octanol–water partition coefficient (Wildman–Crippen LogP) is 5.07.